The molecule has 0 radical (unpaired) electrons. The smallest absolute Gasteiger partial charge is 0.160 e. The normalized spacial score (nSPS) is 11.3. The number of nitriles is 1. The SMILES string of the molecule is N#Cc1ccc(-c2cccc(-c3cc(-c4ccccc4)nc(-c4ccc(-c5ccc6cc(-c7c8ccccc8cc8c7ccc7ccccc78)ccc6c5)cc4)n3)c2)cc1. The average molecular weight is 762 g/mol. The molecule has 60 heavy (non-hydrogen) atoms. The highest BCUT2D eigenvalue weighted by atomic mass is 14.9. The van der Waals surface area contributed by atoms with Crippen LogP contribution in [0.1, 0.15) is 5.56 Å². The second kappa shape index (κ2) is 14.6. The van der Waals surface area contributed by atoms with Gasteiger partial charge in [0.1, 0.15) is 0 Å². The maximum atomic E-state index is 9.29. The van der Waals surface area contributed by atoms with Gasteiger partial charge in [0.05, 0.1) is 23.0 Å². The number of aromatic nitrogens is 2. The molecule has 0 N–H and O–H groups in total. The standard InChI is InChI=1S/C57H35N3/c58-36-37-17-19-38(20-18-37)43-13-8-14-48(32-43)55-35-54(41-10-2-1-3-11-41)59-57(60-55)42-23-21-39(22-24-42)44-25-26-46-33-49(28-27-45(46)31-44)56-51-16-7-5-12-47(51)34-53-50-15-6-4-9-40(50)29-30-52(53)56/h1-35H. The molecule has 0 saturated heterocycles. The molecule has 1 heterocycles. The number of nitrogens with zero attached hydrogens (tertiary/aromatic N) is 3. The monoisotopic (exact) mass is 761 g/mol. The fraction of sp³-hybridized carbons (Fsp3) is 0. The molecule has 3 heteroatoms. The van der Waals surface area contributed by atoms with Gasteiger partial charge in [-0.25, -0.2) is 9.97 Å². The summed E-state index contributed by atoms with van der Waals surface area (Å²) in [6.07, 6.45) is 0. The third-order valence-electron chi connectivity index (χ3n) is 11.7. The summed E-state index contributed by atoms with van der Waals surface area (Å²) in [4.78, 5) is 10.2. The maximum absolute atomic E-state index is 9.29. The first-order valence-corrected chi connectivity index (χ1v) is 20.2. The minimum atomic E-state index is 0.642. The summed E-state index contributed by atoms with van der Waals surface area (Å²) in [6, 6.07) is 77.1. The van der Waals surface area contributed by atoms with E-state index in [2.05, 4.69) is 176 Å². The molecule has 0 bridgehead atoms. The largest absolute Gasteiger partial charge is 0.228 e. The van der Waals surface area contributed by atoms with Crippen molar-refractivity contribution in [1.82, 2.24) is 9.97 Å². The lowest BCUT2D eigenvalue weighted by molar-refractivity contribution is 1.18. The highest BCUT2D eigenvalue weighted by Gasteiger charge is 2.15. The van der Waals surface area contributed by atoms with Crippen molar-refractivity contribution in [2.75, 3.05) is 0 Å². The van der Waals surface area contributed by atoms with E-state index in [1.807, 2.05) is 42.5 Å². The van der Waals surface area contributed by atoms with Gasteiger partial charge < -0.3 is 0 Å². The van der Waals surface area contributed by atoms with Crippen LogP contribution in [0.4, 0.5) is 0 Å². The third-order valence-corrected chi connectivity index (χ3v) is 11.7. The fourth-order valence-corrected chi connectivity index (χ4v) is 8.60. The maximum Gasteiger partial charge on any atom is 0.160 e. The van der Waals surface area contributed by atoms with E-state index in [1.54, 1.807) is 0 Å². The molecule has 0 aliphatic rings. The molecule has 0 atom stereocenters. The second-order valence-electron chi connectivity index (χ2n) is 15.3. The van der Waals surface area contributed by atoms with Gasteiger partial charge in [-0.2, -0.15) is 5.26 Å². The van der Waals surface area contributed by atoms with E-state index in [1.165, 1.54) is 54.2 Å². The number of fused-ring (bicyclic) bond motifs is 5. The van der Waals surface area contributed by atoms with Gasteiger partial charge in [-0.3, -0.25) is 0 Å². The molecular formula is C57H35N3. The van der Waals surface area contributed by atoms with Crippen molar-refractivity contribution in [2.24, 2.45) is 0 Å². The summed E-state index contributed by atoms with van der Waals surface area (Å²) >= 11 is 0. The molecular weight excluding hydrogens is 727 g/mol. The second-order valence-corrected chi connectivity index (χ2v) is 15.3. The first-order valence-electron chi connectivity index (χ1n) is 20.2. The summed E-state index contributed by atoms with van der Waals surface area (Å²) < 4.78 is 0. The average Bonchev–Trinajstić information content (AvgIpc) is 3.33. The van der Waals surface area contributed by atoms with E-state index in [4.69, 9.17) is 9.97 Å². The van der Waals surface area contributed by atoms with Crippen molar-refractivity contribution >= 4 is 43.1 Å². The summed E-state index contributed by atoms with van der Waals surface area (Å²) in [5.74, 6) is 0.668. The van der Waals surface area contributed by atoms with Gasteiger partial charge in [0.2, 0.25) is 0 Å². The molecule has 0 amide bonds. The van der Waals surface area contributed by atoms with Crippen molar-refractivity contribution in [3.8, 4) is 73.4 Å². The van der Waals surface area contributed by atoms with Crippen molar-refractivity contribution in [1.29, 1.82) is 5.26 Å². The molecule has 10 aromatic carbocycles. The number of hydrogen-bond acceptors (Lipinski definition) is 3. The first-order chi connectivity index (χ1) is 29.6. The van der Waals surface area contributed by atoms with Crippen molar-refractivity contribution in [2.45, 2.75) is 0 Å². The number of rotatable bonds is 6. The van der Waals surface area contributed by atoms with E-state index in [0.29, 0.717) is 11.4 Å². The van der Waals surface area contributed by atoms with Crippen LogP contribution in [0.2, 0.25) is 0 Å². The molecule has 0 fully saturated rings. The highest BCUT2D eigenvalue weighted by molar-refractivity contribution is 6.20. The Morgan fingerprint density at radius 1 is 0.300 bits per heavy atom. The Kier molecular flexibility index (Phi) is 8.54. The van der Waals surface area contributed by atoms with Gasteiger partial charge in [0.15, 0.2) is 5.82 Å². The summed E-state index contributed by atoms with van der Waals surface area (Å²) in [6.45, 7) is 0. The van der Waals surface area contributed by atoms with Crippen LogP contribution in [0.3, 0.4) is 0 Å². The van der Waals surface area contributed by atoms with E-state index >= 15 is 0 Å². The van der Waals surface area contributed by atoms with Crippen LogP contribution in [-0.4, -0.2) is 9.97 Å². The quantitative estimate of drug-likeness (QED) is 0.125. The summed E-state index contributed by atoms with van der Waals surface area (Å²) in [7, 11) is 0. The van der Waals surface area contributed by atoms with Crippen molar-refractivity contribution in [3.05, 3.63) is 218 Å². The molecule has 0 spiro atoms. The molecule has 0 aliphatic carbocycles. The van der Waals surface area contributed by atoms with Crippen LogP contribution >= 0.6 is 0 Å². The highest BCUT2D eigenvalue weighted by Crippen LogP contribution is 2.41. The predicted octanol–water partition coefficient (Wildman–Crippen LogP) is 15.0. The van der Waals surface area contributed by atoms with Crippen LogP contribution in [0.5, 0.6) is 0 Å². The van der Waals surface area contributed by atoms with E-state index < -0.39 is 0 Å². The molecule has 0 unspecified atom stereocenters. The minimum absolute atomic E-state index is 0.642. The molecule has 11 rings (SSSR count). The lowest BCUT2D eigenvalue weighted by Crippen LogP contribution is -1.96. The molecule has 1 aromatic heterocycles. The van der Waals surface area contributed by atoms with Crippen molar-refractivity contribution in [3.63, 3.8) is 0 Å². The van der Waals surface area contributed by atoms with Gasteiger partial charge >= 0.3 is 0 Å². The zero-order valence-electron chi connectivity index (χ0n) is 32.5. The van der Waals surface area contributed by atoms with Gasteiger partial charge in [0.25, 0.3) is 0 Å². The zero-order valence-corrected chi connectivity index (χ0v) is 32.5. The zero-order chi connectivity index (χ0) is 40.0. The van der Waals surface area contributed by atoms with Crippen LogP contribution < -0.4 is 0 Å². The van der Waals surface area contributed by atoms with Crippen LogP contribution in [-0.2, 0) is 0 Å². The first kappa shape index (κ1) is 35.0. The summed E-state index contributed by atoms with van der Waals surface area (Å²) in [5.41, 5.74) is 12.2. The number of hydrogen-bond donors (Lipinski definition) is 0. The van der Waals surface area contributed by atoms with Crippen LogP contribution in [0, 0.1) is 11.3 Å². The molecule has 278 valence electrons. The van der Waals surface area contributed by atoms with Crippen LogP contribution in [0.25, 0.3) is 110 Å². The predicted molar refractivity (Wildman–Crippen MR) is 249 cm³/mol. The Labute approximate surface area is 348 Å². The van der Waals surface area contributed by atoms with Gasteiger partial charge in [-0.05, 0) is 119 Å². The molecule has 0 saturated carbocycles. The van der Waals surface area contributed by atoms with Gasteiger partial charge in [-0.15, -0.1) is 0 Å². The Bertz CT molecular complexity index is 3470. The Hall–Kier alpha value is -8.19. The molecule has 3 nitrogen and oxygen atoms in total. The van der Waals surface area contributed by atoms with E-state index in [-0.39, 0.29) is 0 Å². The Morgan fingerprint density at radius 2 is 0.850 bits per heavy atom. The Balaban J connectivity index is 0.943. The molecule has 11 aromatic rings. The topological polar surface area (TPSA) is 49.6 Å². The Morgan fingerprint density at radius 3 is 1.62 bits per heavy atom. The fourth-order valence-electron chi connectivity index (χ4n) is 8.60. The van der Waals surface area contributed by atoms with Gasteiger partial charge in [-0.1, -0.05) is 170 Å². The van der Waals surface area contributed by atoms with Gasteiger partial charge in [0, 0.05) is 16.7 Å². The third kappa shape index (κ3) is 6.34. The minimum Gasteiger partial charge on any atom is -0.228 e. The van der Waals surface area contributed by atoms with E-state index in [0.717, 1.165) is 50.3 Å². The lowest BCUT2D eigenvalue weighted by Gasteiger charge is -2.15. The van der Waals surface area contributed by atoms with Crippen molar-refractivity contribution < 1.29 is 0 Å². The van der Waals surface area contributed by atoms with E-state index in [9.17, 15) is 5.26 Å². The van der Waals surface area contributed by atoms with Crippen LogP contribution in [0.15, 0.2) is 212 Å². The molecule has 0 aliphatic heterocycles. The summed E-state index contributed by atoms with van der Waals surface area (Å²) in [5, 5.41) is 19.3. The lowest BCUT2D eigenvalue weighted by atomic mass is 9.89. The number of benzene rings is 10.